The quantitative estimate of drug-likeness (QED) is 0.0916. The first-order chi connectivity index (χ1) is 23.7. The number of hydrogen-bond donors (Lipinski definition) is 0. The lowest BCUT2D eigenvalue weighted by molar-refractivity contribution is -0.249. The maximum atomic E-state index is 13.2. The van der Waals surface area contributed by atoms with Crippen molar-refractivity contribution in [1.29, 1.82) is 0 Å². The monoisotopic (exact) mass is 689 g/mol. The van der Waals surface area contributed by atoms with Crippen LogP contribution < -0.4 is 0 Å². The van der Waals surface area contributed by atoms with E-state index in [4.69, 9.17) is 4.74 Å². The topological polar surface area (TPSA) is 26.3 Å². The molecule has 2 heteroatoms. The van der Waals surface area contributed by atoms with Gasteiger partial charge in [0.2, 0.25) is 0 Å². The summed E-state index contributed by atoms with van der Waals surface area (Å²) in [5.41, 5.74) is 3.10. The van der Waals surface area contributed by atoms with E-state index >= 15 is 0 Å². The van der Waals surface area contributed by atoms with Crippen molar-refractivity contribution in [1.82, 2.24) is 0 Å². The minimum atomic E-state index is -0.0202. The molecule has 0 spiro atoms. The molecule has 0 aromatic heterocycles. The number of hydrogen-bond acceptors (Lipinski definition) is 2. The third kappa shape index (κ3) is 7.68. The molecule has 5 aliphatic carbocycles. The van der Waals surface area contributed by atoms with Gasteiger partial charge < -0.3 is 4.74 Å². The van der Waals surface area contributed by atoms with Crippen molar-refractivity contribution >= 4 is 5.97 Å². The van der Waals surface area contributed by atoms with Gasteiger partial charge in [0.05, 0.1) is 6.42 Å². The van der Waals surface area contributed by atoms with Crippen LogP contribution in [-0.2, 0) is 9.53 Å². The molecule has 0 amide bonds. The van der Waals surface area contributed by atoms with Crippen LogP contribution in [0.25, 0.3) is 0 Å². The first-order valence-electron chi connectivity index (χ1n) is 21.9. The fourth-order valence-electron chi connectivity index (χ4n) is 14.0. The minimum Gasteiger partial charge on any atom is -0.462 e. The van der Waals surface area contributed by atoms with Gasteiger partial charge in [0.25, 0.3) is 0 Å². The lowest BCUT2D eigenvalue weighted by Gasteiger charge is -2.73. The summed E-state index contributed by atoms with van der Waals surface area (Å²) in [5.74, 6) is 3.74. The zero-order valence-electron chi connectivity index (χ0n) is 34.4. The highest BCUT2D eigenvalue weighted by Gasteiger charge is 2.70. The molecule has 0 aromatic rings. The van der Waals surface area contributed by atoms with Crippen molar-refractivity contribution in [3.05, 3.63) is 36.5 Å². The van der Waals surface area contributed by atoms with Crippen LogP contribution >= 0.6 is 0 Å². The van der Waals surface area contributed by atoms with Gasteiger partial charge in [-0.25, -0.2) is 0 Å². The highest BCUT2D eigenvalue weighted by atomic mass is 16.5. The second kappa shape index (κ2) is 16.4. The molecule has 0 bridgehead atoms. The van der Waals surface area contributed by atoms with Crippen molar-refractivity contribution in [2.45, 2.75) is 203 Å². The van der Waals surface area contributed by atoms with Crippen LogP contribution in [-0.4, -0.2) is 12.1 Å². The van der Waals surface area contributed by atoms with Crippen LogP contribution in [0.2, 0.25) is 0 Å². The van der Waals surface area contributed by atoms with E-state index in [0.717, 1.165) is 36.5 Å². The lowest BCUT2D eigenvalue weighted by Crippen LogP contribution is -2.66. The van der Waals surface area contributed by atoms with Gasteiger partial charge in [-0.1, -0.05) is 117 Å². The third-order valence-corrected chi connectivity index (χ3v) is 17.0. The molecule has 0 heterocycles. The first-order valence-corrected chi connectivity index (χ1v) is 21.9. The van der Waals surface area contributed by atoms with Crippen LogP contribution in [0.1, 0.15) is 197 Å². The number of ether oxygens (including phenoxy) is 1. The molecule has 2 nitrogen and oxygen atoms in total. The second-order valence-electron chi connectivity index (χ2n) is 20.2. The second-order valence-corrected chi connectivity index (χ2v) is 20.2. The fraction of sp³-hybridized carbons (Fsp3) is 0.854. The predicted molar refractivity (Wildman–Crippen MR) is 214 cm³/mol. The summed E-state index contributed by atoms with van der Waals surface area (Å²) >= 11 is 0. The Kier molecular flexibility index (Phi) is 13.1. The number of carbonyl (C=O) groups is 1. The molecule has 10 atom stereocenters. The van der Waals surface area contributed by atoms with Crippen LogP contribution in [0.5, 0.6) is 0 Å². The van der Waals surface area contributed by atoms with Gasteiger partial charge in [-0.2, -0.15) is 0 Å². The summed E-state index contributed by atoms with van der Waals surface area (Å²) in [5, 5.41) is 0. The van der Waals surface area contributed by atoms with Gasteiger partial charge in [0.1, 0.15) is 6.10 Å². The molecule has 5 fully saturated rings. The SMILES string of the molecule is C=C(C)[C@@H]1CC[C@]2(C)CC[C@]3(C)[C@H](CC[C@@H]4[C@@]5(C)CC[C@H](OC(=O)C/C=C\CCCCCCC/C=C\CCCCC)C(C)(C)[C@@H]5CC[C@]43C)[C@@H]12. The number of unbranched alkanes of at least 4 members (excludes halogenated alkanes) is 9. The summed E-state index contributed by atoms with van der Waals surface area (Å²) in [6.45, 7) is 24.9. The fourth-order valence-corrected chi connectivity index (χ4v) is 14.0. The largest absolute Gasteiger partial charge is 0.462 e. The van der Waals surface area contributed by atoms with Crippen LogP contribution in [0, 0.1) is 56.7 Å². The Morgan fingerprint density at radius 2 is 1.32 bits per heavy atom. The van der Waals surface area contributed by atoms with E-state index in [2.05, 4.69) is 86.3 Å². The summed E-state index contributed by atoms with van der Waals surface area (Å²) in [6.07, 6.45) is 36.9. The van der Waals surface area contributed by atoms with Crippen LogP contribution in [0.3, 0.4) is 0 Å². The normalized spacial score (nSPS) is 40.6. The van der Waals surface area contributed by atoms with E-state index in [1.165, 1.54) is 128 Å². The van der Waals surface area contributed by atoms with Crippen molar-refractivity contribution in [2.24, 2.45) is 56.7 Å². The van der Waals surface area contributed by atoms with Crippen molar-refractivity contribution in [2.75, 3.05) is 0 Å². The zero-order valence-corrected chi connectivity index (χ0v) is 34.4. The van der Waals surface area contributed by atoms with Gasteiger partial charge in [-0.15, -0.1) is 0 Å². The van der Waals surface area contributed by atoms with E-state index < -0.39 is 0 Å². The number of fused-ring (bicyclic) bond motifs is 7. The Bertz CT molecular complexity index is 1210. The molecule has 5 aliphatic rings. The van der Waals surface area contributed by atoms with Gasteiger partial charge in [-0.05, 0) is 161 Å². The smallest absolute Gasteiger partial charge is 0.309 e. The number of esters is 1. The van der Waals surface area contributed by atoms with Gasteiger partial charge in [-0.3, -0.25) is 4.79 Å². The van der Waals surface area contributed by atoms with E-state index in [9.17, 15) is 4.79 Å². The third-order valence-electron chi connectivity index (χ3n) is 17.0. The molecule has 50 heavy (non-hydrogen) atoms. The lowest BCUT2D eigenvalue weighted by atomic mass is 9.32. The molecule has 5 rings (SSSR count). The number of allylic oxidation sites excluding steroid dienone is 4. The van der Waals surface area contributed by atoms with Crippen molar-refractivity contribution in [3.63, 3.8) is 0 Å². The van der Waals surface area contributed by atoms with E-state index in [1.54, 1.807) is 0 Å². The molecular formula is C48H80O2. The van der Waals surface area contributed by atoms with Gasteiger partial charge in [0.15, 0.2) is 0 Å². The summed E-state index contributed by atoms with van der Waals surface area (Å²) in [7, 11) is 0. The van der Waals surface area contributed by atoms with Gasteiger partial charge in [0, 0.05) is 5.41 Å². The number of carbonyl (C=O) groups excluding carboxylic acids is 1. The van der Waals surface area contributed by atoms with Crippen molar-refractivity contribution in [3.8, 4) is 0 Å². The Labute approximate surface area is 310 Å². The predicted octanol–water partition coefficient (Wildman–Crippen LogP) is 14.4. The van der Waals surface area contributed by atoms with Crippen molar-refractivity contribution < 1.29 is 9.53 Å². The number of rotatable bonds is 16. The Balaban J connectivity index is 1.09. The minimum absolute atomic E-state index is 0.0118. The Morgan fingerprint density at radius 1 is 0.680 bits per heavy atom. The Morgan fingerprint density at radius 3 is 1.98 bits per heavy atom. The average Bonchev–Trinajstić information content (AvgIpc) is 3.42. The average molecular weight is 689 g/mol. The molecule has 0 N–H and O–H groups in total. The first kappa shape index (κ1) is 39.9. The summed E-state index contributed by atoms with van der Waals surface area (Å²) < 4.78 is 6.38. The van der Waals surface area contributed by atoms with E-state index in [-0.39, 0.29) is 17.5 Å². The maximum Gasteiger partial charge on any atom is 0.309 e. The van der Waals surface area contributed by atoms with E-state index in [0.29, 0.717) is 34.0 Å². The molecule has 0 unspecified atom stereocenters. The molecule has 0 saturated heterocycles. The highest BCUT2D eigenvalue weighted by molar-refractivity contribution is 5.71. The summed E-state index contributed by atoms with van der Waals surface area (Å²) in [6, 6.07) is 0. The van der Waals surface area contributed by atoms with Crippen LogP contribution in [0.15, 0.2) is 36.5 Å². The molecule has 0 aliphatic heterocycles. The standard InChI is InChI=1S/C48H80O2/c1-10-11-12-13-14-15-16-17-18-19-20-21-22-23-24-25-42(49)50-41-30-32-46(7)39(44(41,4)5)29-33-48(9)40(46)27-26-38-43-37(36(2)3)28-31-45(43,6)34-35-47(38,48)8/h14-15,23-24,37-41,43H,2,10-13,16-22,25-35H2,1,3-9H3/b15-14-,24-23-/t37-,38+,39-,40+,41-,43+,45+,46-,47+,48+/m0/s1. The molecule has 5 saturated carbocycles. The molecular weight excluding hydrogens is 609 g/mol. The van der Waals surface area contributed by atoms with Crippen LogP contribution in [0.4, 0.5) is 0 Å². The Hall–Kier alpha value is -1.31. The summed E-state index contributed by atoms with van der Waals surface area (Å²) in [4.78, 5) is 13.2. The molecule has 284 valence electrons. The zero-order chi connectivity index (χ0) is 36.2. The van der Waals surface area contributed by atoms with E-state index in [1.807, 2.05) is 0 Å². The molecule has 0 radical (unpaired) electrons. The highest BCUT2D eigenvalue weighted by Crippen LogP contribution is 2.77. The molecule has 0 aromatic carbocycles. The maximum absolute atomic E-state index is 13.2. The van der Waals surface area contributed by atoms with Gasteiger partial charge >= 0.3 is 5.97 Å².